The maximum absolute atomic E-state index is 13.5. The molecule has 0 aliphatic carbocycles. The molecule has 0 unspecified atom stereocenters. The van der Waals surface area contributed by atoms with Crippen molar-refractivity contribution in [1.82, 2.24) is 14.3 Å². The molecule has 0 saturated heterocycles. The molecule has 0 aliphatic heterocycles. The third-order valence-corrected chi connectivity index (χ3v) is 7.79. The third kappa shape index (κ3) is 7.00. The predicted octanol–water partition coefficient (Wildman–Crippen LogP) is 3.13. The largest absolute Gasteiger partial charge is 0.369 e. The number of aromatic nitrogens is 2. The van der Waals surface area contributed by atoms with Crippen LogP contribution in [0.3, 0.4) is 0 Å². The molecule has 0 fully saturated rings. The van der Waals surface area contributed by atoms with Crippen LogP contribution in [0.2, 0.25) is 0 Å². The van der Waals surface area contributed by atoms with Crippen molar-refractivity contribution in [3.8, 4) is 0 Å². The van der Waals surface area contributed by atoms with Gasteiger partial charge in [0.05, 0.1) is 10.2 Å². The summed E-state index contributed by atoms with van der Waals surface area (Å²) in [4.78, 5) is 30.8. The summed E-state index contributed by atoms with van der Waals surface area (Å²) < 4.78 is 28.4. The monoisotopic (exact) mass is 561 g/mol. The van der Waals surface area contributed by atoms with Crippen molar-refractivity contribution >= 4 is 43.5 Å². The van der Waals surface area contributed by atoms with Gasteiger partial charge in [-0.3, -0.25) is 14.6 Å². The van der Waals surface area contributed by atoms with Crippen molar-refractivity contribution in [2.45, 2.75) is 38.1 Å². The Hall–Kier alpha value is -3.02. The summed E-state index contributed by atoms with van der Waals surface area (Å²) in [6, 6.07) is 13.7. The number of aromatic amines is 1. The quantitative estimate of drug-likeness (QED) is 0.325. The number of nitrogens with one attached hydrogen (secondary N) is 2. The van der Waals surface area contributed by atoms with Crippen LogP contribution in [-0.2, 0) is 27.8 Å². The maximum atomic E-state index is 13.5. The predicted molar refractivity (Wildman–Crippen MR) is 140 cm³/mol. The summed E-state index contributed by atoms with van der Waals surface area (Å²) in [6.07, 6.45) is 0.746. The van der Waals surface area contributed by atoms with E-state index in [0.29, 0.717) is 29.8 Å². The molecule has 1 amide bonds. The van der Waals surface area contributed by atoms with Gasteiger partial charge in [0.25, 0.3) is 5.56 Å². The molecule has 3 rings (SSSR count). The zero-order valence-corrected chi connectivity index (χ0v) is 21.9. The number of aryl methyl sites for hydroxylation is 2. The van der Waals surface area contributed by atoms with Gasteiger partial charge in [-0.05, 0) is 56.5 Å². The summed E-state index contributed by atoms with van der Waals surface area (Å²) in [6.45, 7) is 3.87. The van der Waals surface area contributed by atoms with Crippen LogP contribution < -0.4 is 16.6 Å². The summed E-state index contributed by atoms with van der Waals surface area (Å²) in [5.74, 6) is -0.157. The number of rotatable bonds is 10. The van der Waals surface area contributed by atoms with Crippen LogP contribution in [0.1, 0.15) is 28.8 Å². The fourth-order valence-corrected chi connectivity index (χ4v) is 5.25. The minimum Gasteiger partial charge on any atom is -0.369 e. The van der Waals surface area contributed by atoms with Crippen molar-refractivity contribution in [2.75, 3.05) is 22.9 Å². The zero-order chi connectivity index (χ0) is 25.6. The Morgan fingerprint density at radius 2 is 1.89 bits per heavy atom. The lowest BCUT2D eigenvalue weighted by Crippen LogP contribution is -2.32. The topological polar surface area (TPSA) is 138 Å². The summed E-state index contributed by atoms with van der Waals surface area (Å²) in [5.41, 5.74) is 8.52. The van der Waals surface area contributed by atoms with E-state index in [1.807, 2.05) is 6.92 Å². The van der Waals surface area contributed by atoms with Gasteiger partial charge in [0.2, 0.25) is 21.9 Å². The Morgan fingerprint density at radius 3 is 2.54 bits per heavy atom. The smallest absolute Gasteiger partial charge is 0.255 e. The van der Waals surface area contributed by atoms with Crippen LogP contribution >= 0.6 is 15.9 Å². The number of alkyl halides is 1. The number of nitrogens with zero attached hydrogens (tertiary/aromatic N) is 2. The van der Waals surface area contributed by atoms with Gasteiger partial charge >= 0.3 is 0 Å². The molecule has 0 aliphatic rings. The lowest BCUT2D eigenvalue weighted by molar-refractivity contribution is -0.113. The van der Waals surface area contributed by atoms with Gasteiger partial charge in [0.1, 0.15) is 0 Å². The van der Waals surface area contributed by atoms with Crippen molar-refractivity contribution in [3.05, 3.63) is 81.3 Å². The Balaban J connectivity index is 1.86. The molecule has 9 nitrogen and oxygen atoms in total. The van der Waals surface area contributed by atoms with Crippen molar-refractivity contribution in [3.63, 3.8) is 0 Å². The van der Waals surface area contributed by atoms with E-state index in [-0.39, 0.29) is 40.7 Å². The van der Waals surface area contributed by atoms with Gasteiger partial charge in [-0.2, -0.15) is 4.31 Å². The third-order valence-electron chi connectivity index (χ3n) is 5.42. The van der Waals surface area contributed by atoms with Gasteiger partial charge in [0.15, 0.2) is 0 Å². The first-order valence-electron chi connectivity index (χ1n) is 11.0. The molecule has 0 radical (unpaired) electrons. The van der Waals surface area contributed by atoms with E-state index in [4.69, 9.17) is 5.73 Å². The summed E-state index contributed by atoms with van der Waals surface area (Å²) in [5, 5.41) is 2.91. The van der Waals surface area contributed by atoms with E-state index in [1.165, 1.54) is 4.31 Å². The second kappa shape index (κ2) is 11.6. The summed E-state index contributed by atoms with van der Waals surface area (Å²) >= 11 is 3.11. The SMILES string of the molecule is Cc1ccc(S(=O)(=O)N(CCCc2c(C)nc(N)[nH]c2=O)Cc2cccc(NC(=O)CBr)c2)cc1. The molecule has 1 heterocycles. The van der Waals surface area contributed by atoms with Crippen molar-refractivity contribution in [1.29, 1.82) is 0 Å². The maximum Gasteiger partial charge on any atom is 0.255 e. The number of carbonyl (C=O) groups is 1. The van der Waals surface area contributed by atoms with Crippen LogP contribution in [0.4, 0.5) is 11.6 Å². The van der Waals surface area contributed by atoms with E-state index in [2.05, 4.69) is 31.2 Å². The van der Waals surface area contributed by atoms with E-state index in [0.717, 1.165) is 11.1 Å². The standard InChI is InChI=1S/C24H28BrN5O4S/c1-16-8-10-20(11-9-16)35(33,34)30(12-4-7-21-17(2)27-24(26)29-23(21)32)15-18-5-3-6-19(13-18)28-22(31)14-25/h3,5-6,8-11,13H,4,7,12,14-15H2,1-2H3,(H,28,31)(H3,26,27,29,32). The average molecular weight is 562 g/mol. The van der Waals surface area contributed by atoms with Gasteiger partial charge in [-0.1, -0.05) is 45.8 Å². The van der Waals surface area contributed by atoms with Crippen molar-refractivity contribution < 1.29 is 13.2 Å². The number of amides is 1. The molecule has 3 aromatic rings. The number of carbonyl (C=O) groups excluding carboxylic acids is 1. The van der Waals surface area contributed by atoms with Gasteiger partial charge < -0.3 is 11.1 Å². The number of anilines is 2. The normalized spacial score (nSPS) is 11.5. The number of halogens is 1. The lowest BCUT2D eigenvalue weighted by atomic mass is 10.1. The van der Waals surface area contributed by atoms with Crippen LogP contribution in [0.5, 0.6) is 0 Å². The molecule has 4 N–H and O–H groups in total. The highest BCUT2D eigenvalue weighted by molar-refractivity contribution is 9.09. The first-order chi connectivity index (χ1) is 16.6. The van der Waals surface area contributed by atoms with Gasteiger partial charge in [-0.25, -0.2) is 13.4 Å². The number of benzene rings is 2. The highest BCUT2D eigenvalue weighted by Gasteiger charge is 2.25. The Labute approximate surface area is 213 Å². The molecule has 0 saturated carbocycles. The van der Waals surface area contributed by atoms with E-state index in [1.54, 1.807) is 55.5 Å². The highest BCUT2D eigenvalue weighted by atomic mass is 79.9. The Bertz CT molecular complexity index is 1360. The first-order valence-corrected chi connectivity index (χ1v) is 13.5. The van der Waals surface area contributed by atoms with Crippen LogP contribution in [0.15, 0.2) is 58.2 Å². The number of nitrogen functional groups attached to an aromatic ring is 1. The van der Waals surface area contributed by atoms with Gasteiger partial charge in [-0.15, -0.1) is 0 Å². The fourth-order valence-electron chi connectivity index (χ4n) is 3.65. The highest BCUT2D eigenvalue weighted by Crippen LogP contribution is 2.21. The number of sulfonamides is 1. The molecule has 186 valence electrons. The minimum atomic E-state index is -3.82. The van der Waals surface area contributed by atoms with E-state index < -0.39 is 10.0 Å². The number of H-pyrrole nitrogens is 1. The number of hydrogen-bond acceptors (Lipinski definition) is 6. The fraction of sp³-hybridized carbons (Fsp3) is 0.292. The molecule has 35 heavy (non-hydrogen) atoms. The second-order valence-corrected chi connectivity index (χ2v) is 10.7. The van der Waals surface area contributed by atoms with E-state index in [9.17, 15) is 18.0 Å². The van der Waals surface area contributed by atoms with E-state index >= 15 is 0 Å². The summed E-state index contributed by atoms with van der Waals surface area (Å²) in [7, 11) is -3.82. The van der Waals surface area contributed by atoms with Gasteiger partial charge in [0, 0.05) is 30.0 Å². The van der Waals surface area contributed by atoms with Crippen LogP contribution in [-0.4, -0.2) is 40.5 Å². The minimum absolute atomic E-state index is 0.0479. The lowest BCUT2D eigenvalue weighted by Gasteiger charge is -2.23. The second-order valence-electron chi connectivity index (χ2n) is 8.15. The molecule has 0 bridgehead atoms. The molecule has 2 aromatic carbocycles. The Morgan fingerprint density at radius 1 is 1.17 bits per heavy atom. The number of nitrogens with two attached hydrogens (primary N) is 1. The first kappa shape index (κ1) is 26.6. The zero-order valence-electron chi connectivity index (χ0n) is 19.5. The number of hydrogen-bond donors (Lipinski definition) is 3. The molecule has 1 aromatic heterocycles. The molecule has 0 spiro atoms. The molecule has 0 atom stereocenters. The van der Waals surface area contributed by atoms with Crippen LogP contribution in [0.25, 0.3) is 0 Å². The van der Waals surface area contributed by atoms with Crippen LogP contribution in [0, 0.1) is 13.8 Å². The molecular weight excluding hydrogens is 534 g/mol. The molecule has 11 heteroatoms. The molecular formula is C24H28BrN5O4S. The average Bonchev–Trinajstić information content (AvgIpc) is 2.80. The Kier molecular flexibility index (Phi) is 8.82. The van der Waals surface area contributed by atoms with Crippen molar-refractivity contribution in [2.24, 2.45) is 0 Å².